The molecule has 0 spiro atoms. The van der Waals surface area contributed by atoms with Gasteiger partial charge in [0, 0.05) is 36.6 Å². The number of hydrogen-bond acceptors (Lipinski definition) is 2. The summed E-state index contributed by atoms with van der Waals surface area (Å²) in [5.41, 5.74) is 1.79. The quantitative estimate of drug-likeness (QED) is 0.909. The Hall–Kier alpha value is -1.55. The number of carbonyl (C=O) groups is 2. The first-order chi connectivity index (χ1) is 9.99. The third-order valence-corrected chi connectivity index (χ3v) is 4.19. The number of amides is 2. The van der Waals surface area contributed by atoms with Gasteiger partial charge < -0.3 is 10.2 Å². The van der Waals surface area contributed by atoms with Crippen molar-refractivity contribution in [2.24, 2.45) is 5.92 Å². The van der Waals surface area contributed by atoms with E-state index in [0.29, 0.717) is 18.1 Å². The molecule has 0 bridgehead atoms. The highest BCUT2D eigenvalue weighted by Gasteiger charge is 2.25. The van der Waals surface area contributed by atoms with Gasteiger partial charge in [0.15, 0.2) is 0 Å². The molecule has 0 saturated heterocycles. The fourth-order valence-electron chi connectivity index (χ4n) is 2.43. The standard InChI is InChI=1S/C16H21ClN2O2/c1-11-6-7-14(17)10-15(11)19(12(2)20)9-8-18-16(21)13-4-3-5-13/h6-7,10,13H,3-5,8-9H2,1-2H3,(H,18,21). The molecule has 2 rings (SSSR count). The molecular weight excluding hydrogens is 288 g/mol. The van der Waals surface area contributed by atoms with Gasteiger partial charge >= 0.3 is 0 Å². The van der Waals surface area contributed by atoms with Crippen LogP contribution < -0.4 is 10.2 Å². The van der Waals surface area contributed by atoms with Crippen molar-refractivity contribution in [2.45, 2.75) is 33.1 Å². The maximum absolute atomic E-state index is 11.9. The highest BCUT2D eigenvalue weighted by Crippen LogP contribution is 2.26. The van der Waals surface area contributed by atoms with E-state index in [2.05, 4.69) is 5.32 Å². The van der Waals surface area contributed by atoms with Crippen LogP contribution in [0.1, 0.15) is 31.7 Å². The van der Waals surface area contributed by atoms with Crippen LogP contribution in [0.5, 0.6) is 0 Å². The lowest BCUT2D eigenvalue weighted by molar-refractivity contribution is -0.127. The first-order valence-corrected chi connectivity index (χ1v) is 7.69. The van der Waals surface area contributed by atoms with Gasteiger partial charge in [0.1, 0.15) is 0 Å². The minimum Gasteiger partial charge on any atom is -0.354 e. The second kappa shape index (κ2) is 6.94. The molecule has 114 valence electrons. The van der Waals surface area contributed by atoms with E-state index in [4.69, 9.17) is 11.6 Å². The summed E-state index contributed by atoms with van der Waals surface area (Å²) < 4.78 is 0. The Labute approximate surface area is 130 Å². The molecular formula is C16H21ClN2O2. The Morgan fingerprint density at radius 2 is 2.10 bits per heavy atom. The smallest absolute Gasteiger partial charge is 0.223 e. The third-order valence-electron chi connectivity index (χ3n) is 3.95. The largest absolute Gasteiger partial charge is 0.354 e. The van der Waals surface area contributed by atoms with E-state index in [9.17, 15) is 9.59 Å². The Morgan fingerprint density at radius 3 is 2.67 bits per heavy atom. The number of aryl methyl sites for hydroxylation is 1. The van der Waals surface area contributed by atoms with E-state index in [1.807, 2.05) is 13.0 Å². The number of nitrogens with one attached hydrogen (secondary N) is 1. The van der Waals surface area contributed by atoms with E-state index < -0.39 is 0 Å². The molecule has 1 fully saturated rings. The topological polar surface area (TPSA) is 49.4 Å². The monoisotopic (exact) mass is 308 g/mol. The van der Waals surface area contributed by atoms with Gasteiger partial charge in [0.25, 0.3) is 0 Å². The molecule has 1 N–H and O–H groups in total. The van der Waals surface area contributed by atoms with Gasteiger partial charge in [-0.2, -0.15) is 0 Å². The predicted octanol–water partition coefficient (Wildman–Crippen LogP) is 2.92. The van der Waals surface area contributed by atoms with Crippen molar-refractivity contribution < 1.29 is 9.59 Å². The Kier molecular flexibility index (Phi) is 5.23. The number of hydrogen-bond donors (Lipinski definition) is 1. The molecule has 1 aliphatic rings. The van der Waals surface area contributed by atoms with Crippen LogP contribution in [-0.2, 0) is 9.59 Å². The van der Waals surface area contributed by atoms with Gasteiger partial charge in [-0.1, -0.05) is 24.1 Å². The zero-order chi connectivity index (χ0) is 15.4. The van der Waals surface area contributed by atoms with E-state index in [1.54, 1.807) is 17.0 Å². The SMILES string of the molecule is CC(=O)N(CCNC(=O)C1CCC1)c1cc(Cl)ccc1C. The molecule has 1 saturated carbocycles. The normalized spacial score (nSPS) is 14.4. The van der Waals surface area contributed by atoms with E-state index in [1.165, 1.54) is 6.92 Å². The van der Waals surface area contributed by atoms with Crippen LogP contribution in [0.4, 0.5) is 5.69 Å². The van der Waals surface area contributed by atoms with Crippen molar-refractivity contribution in [3.63, 3.8) is 0 Å². The van der Waals surface area contributed by atoms with Gasteiger partial charge in [-0.05, 0) is 37.5 Å². The summed E-state index contributed by atoms with van der Waals surface area (Å²) in [6, 6.07) is 5.48. The fourth-order valence-corrected chi connectivity index (χ4v) is 2.59. The molecule has 21 heavy (non-hydrogen) atoms. The van der Waals surface area contributed by atoms with Crippen LogP contribution in [0.25, 0.3) is 0 Å². The third kappa shape index (κ3) is 3.97. The van der Waals surface area contributed by atoms with E-state index >= 15 is 0 Å². The Morgan fingerprint density at radius 1 is 1.38 bits per heavy atom. The zero-order valence-corrected chi connectivity index (χ0v) is 13.2. The summed E-state index contributed by atoms with van der Waals surface area (Å²) in [6.07, 6.45) is 3.10. The lowest BCUT2D eigenvalue weighted by Crippen LogP contribution is -2.41. The zero-order valence-electron chi connectivity index (χ0n) is 12.5. The van der Waals surface area contributed by atoms with Crippen LogP contribution >= 0.6 is 11.6 Å². The van der Waals surface area contributed by atoms with Gasteiger partial charge in [-0.25, -0.2) is 0 Å². The van der Waals surface area contributed by atoms with Gasteiger partial charge in [-0.3, -0.25) is 9.59 Å². The average Bonchev–Trinajstić information content (AvgIpc) is 2.35. The van der Waals surface area contributed by atoms with Crippen LogP contribution in [0.3, 0.4) is 0 Å². The lowest BCUT2D eigenvalue weighted by Gasteiger charge is -2.26. The molecule has 2 amide bonds. The molecule has 0 aromatic heterocycles. The molecule has 4 nitrogen and oxygen atoms in total. The Bertz CT molecular complexity index is 541. The summed E-state index contributed by atoms with van der Waals surface area (Å²) in [4.78, 5) is 25.3. The fraction of sp³-hybridized carbons (Fsp3) is 0.500. The molecule has 1 aromatic rings. The van der Waals surface area contributed by atoms with Crippen molar-refractivity contribution in [1.82, 2.24) is 5.32 Å². The maximum Gasteiger partial charge on any atom is 0.223 e. The van der Waals surface area contributed by atoms with Crippen LogP contribution in [0.2, 0.25) is 5.02 Å². The second-order valence-electron chi connectivity index (χ2n) is 5.52. The van der Waals surface area contributed by atoms with Crippen LogP contribution in [-0.4, -0.2) is 24.9 Å². The molecule has 1 aliphatic carbocycles. The van der Waals surface area contributed by atoms with E-state index in [0.717, 1.165) is 30.5 Å². The molecule has 5 heteroatoms. The Balaban J connectivity index is 1.97. The van der Waals surface area contributed by atoms with Crippen LogP contribution in [0.15, 0.2) is 18.2 Å². The molecule has 1 aromatic carbocycles. The van der Waals surface area contributed by atoms with Crippen molar-refractivity contribution >= 4 is 29.1 Å². The molecule has 0 heterocycles. The van der Waals surface area contributed by atoms with Crippen molar-refractivity contribution in [1.29, 1.82) is 0 Å². The minimum absolute atomic E-state index is 0.0572. The lowest BCUT2D eigenvalue weighted by atomic mass is 9.85. The van der Waals surface area contributed by atoms with E-state index in [-0.39, 0.29) is 17.7 Å². The van der Waals surface area contributed by atoms with Crippen molar-refractivity contribution in [2.75, 3.05) is 18.0 Å². The van der Waals surface area contributed by atoms with Crippen molar-refractivity contribution in [3.8, 4) is 0 Å². The van der Waals surface area contributed by atoms with Gasteiger partial charge in [0.05, 0.1) is 0 Å². The highest BCUT2D eigenvalue weighted by atomic mass is 35.5. The number of rotatable bonds is 5. The summed E-state index contributed by atoms with van der Waals surface area (Å²) in [5.74, 6) is 0.217. The number of anilines is 1. The van der Waals surface area contributed by atoms with Crippen LogP contribution in [0, 0.1) is 12.8 Å². The number of nitrogens with zero attached hydrogens (tertiary/aromatic N) is 1. The molecule has 0 atom stereocenters. The molecule has 0 radical (unpaired) electrons. The maximum atomic E-state index is 11.9. The predicted molar refractivity (Wildman–Crippen MR) is 84.6 cm³/mol. The van der Waals surface area contributed by atoms with Gasteiger partial charge in [0.2, 0.25) is 11.8 Å². The second-order valence-corrected chi connectivity index (χ2v) is 5.96. The summed E-state index contributed by atoms with van der Waals surface area (Å²) in [7, 11) is 0. The van der Waals surface area contributed by atoms with Gasteiger partial charge in [-0.15, -0.1) is 0 Å². The first kappa shape index (κ1) is 15.8. The summed E-state index contributed by atoms with van der Waals surface area (Å²) >= 11 is 6.01. The number of carbonyl (C=O) groups excluding carboxylic acids is 2. The average molecular weight is 309 g/mol. The summed E-state index contributed by atoms with van der Waals surface area (Å²) in [5, 5.41) is 3.51. The number of benzene rings is 1. The molecule has 0 unspecified atom stereocenters. The first-order valence-electron chi connectivity index (χ1n) is 7.31. The molecule has 0 aliphatic heterocycles. The number of halogens is 1. The van der Waals surface area contributed by atoms with Crippen molar-refractivity contribution in [3.05, 3.63) is 28.8 Å². The minimum atomic E-state index is -0.0572. The summed E-state index contributed by atoms with van der Waals surface area (Å²) in [6.45, 7) is 4.37. The highest BCUT2D eigenvalue weighted by molar-refractivity contribution is 6.31.